The van der Waals surface area contributed by atoms with E-state index in [1.54, 1.807) is 17.0 Å². The molecule has 3 rings (SSSR count). The third-order valence-corrected chi connectivity index (χ3v) is 7.56. The van der Waals surface area contributed by atoms with Crippen LogP contribution < -0.4 is 0 Å². The quantitative estimate of drug-likeness (QED) is 0.509. The second kappa shape index (κ2) is 9.72. The summed E-state index contributed by atoms with van der Waals surface area (Å²) in [6.07, 6.45) is 1.21. The van der Waals surface area contributed by atoms with Crippen LogP contribution in [0.3, 0.4) is 0 Å². The van der Waals surface area contributed by atoms with Crippen LogP contribution in [0, 0.1) is 5.92 Å². The number of piperidine rings is 1. The Morgan fingerprint density at radius 1 is 1.23 bits per heavy atom. The molecule has 0 spiro atoms. The van der Waals surface area contributed by atoms with Gasteiger partial charge in [0.2, 0.25) is 11.8 Å². The number of nitrogens with zero attached hydrogens (tertiary/aromatic N) is 1. The largest absolute Gasteiger partial charge is 0.374 e. The van der Waals surface area contributed by atoms with Gasteiger partial charge in [-0.15, -0.1) is 0 Å². The maximum atomic E-state index is 13.6. The molecule has 1 aromatic carbocycles. The number of likely N-dealkylation sites (tertiary alicyclic amines) is 1. The van der Waals surface area contributed by atoms with E-state index in [0.717, 1.165) is 5.56 Å². The number of amides is 1. The summed E-state index contributed by atoms with van der Waals surface area (Å²) in [6.45, 7) is 2.34. The van der Waals surface area contributed by atoms with Crippen LogP contribution in [0.1, 0.15) is 57.4 Å². The fourth-order valence-electron chi connectivity index (χ4n) is 4.89. The topological polar surface area (TPSA) is 46.6 Å². The number of halogens is 4. The van der Waals surface area contributed by atoms with Crippen LogP contribution in [-0.2, 0) is 19.7 Å². The lowest BCUT2D eigenvalue weighted by Crippen LogP contribution is -2.52. The molecule has 2 aliphatic rings. The van der Waals surface area contributed by atoms with Crippen molar-refractivity contribution >= 4 is 34.9 Å². The average Bonchev–Trinajstić information content (AvgIpc) is 2.72. The summed E-state index contributed by atoms with van der Waals surface area (Å²) >= 11 is 12.4. The summed E-state index contributed by atoms with van der Waals surface area (Å²) in [7, 11) is 1.50. The lowest BCUT2D eigenvalue weighted by atomic mass is 9.69. The molecular weight excluding hydrogens is 447 g/mol. The van der Waals surface area contributed by atoms with Gasteiger partial charge in [-0.2, -0.15) is 0 Å². The molecule has 172 valence electrons. The first-order valence-electron chi connectivity index (χ1n) is 10.7. The number of ether oxygens (including phenoxy) is 1. The average molecular weight is 476 g/mol. The first-order chi connectivity index (χ1) is 14.5. The minimum atomic E-state index is -2.60. The zero-order valence-corrected chi connectivity index (χ0v) is 19.4. The molecule has 1 saturated heterocycles. The van der Waals surface area contributed by atoms with E-state index in [1.807, 2.05) is 6.07 Å². The molecule has 1 heterocycles. The Balaban J connectivity index is 1.87. The van der Waals surface area contributed by atoms with Crippen molar-refractivity contribution in [2.24, 2.45) is 5.92 Å². The van der Waals surface area contributed by atoms with E-state index in [2.05, 4.69) is 0 Å². The number of alkyl halides is 2. The first-order valence-corrected chi connectivity index (χ1v) is 11.5. The number of methoxy groups -OCH3 is 1. The molecule has 0 radical (unpaired) electrons. The number of hydrogen-bond donors (Lipinski definition) is 0. The van der Waals surface area contributed by atoms with Gasteiger partial charge in [0.05, 0.1) is 10.0 Å². The van der Waals surface area contributed by atoms with Crippen molar-refractivity contribution in [3.8, 4) is 0 Å². The van der Waals surface area contributed by atoms with Gasteiger partial charge in [0.1, 0.15) is 6.10 Å². The molecule has 1 aromatic rings. The molecule has 0 N–H and O–H groups in total. The van der Waals surface area contributed by atoms with E-state index in [0.29, 0.717) is 55.2 Å². The molecule has 1 saturated carbocycles. The fourth-order valence-corrected chi connectivity index (χ4v) is 5.19. The van der Waals surface area contributed by atoms with E-state index < -0.39 is 17.4 Å². The van der Waals surface area contributed by atoms with Crippen molar-refractivity contribution in [2.45, 2.75) is 69.3 Å². The van der Waals surface area contributed by atoms with Crippen LogP contribution in [0.2, 0.25) is 10.0 Å². The molecular formula is C23H29Cl2F2NO3. The van der Waals surface area contributed by atoms with Crippen molar-refractivity contribution in [1.82, 2.24) is 4.90 Å². The standard InChI is InChI=1S/C23H29Cl2F2NO3/c1-15(29)20(31-2)12-22(17-3-4-18(24)19(25)11-17)8-7-21(30)28(14-22)13-16-5-9-23(26,27)10-6-16/h3-4,11,16,20H,5-10,12-14H2,1-2H3/t20?,22-/m1/s1. The predicted molar refractivity (Wildman–Crippen MR) is 117 cm³/mol. The van der Waals surface area contributed by atoms with E-state index in [-0.39, 0.29) is 30.4 Å². The highest BCUT2D eigenvalue weighted by Crippen LogP contribution is 2.43. The van der Waals surface area contributed by atoms with E-state index in [4.69, 9.17) is 27.9 Å². The monoisotopic (exact) mass is 475 g/mol. The summed E-state index contributed by atoms with van der Waals surface area (Å²) < 4.78 is 32.6. The second-order valence-corrected chi connectivity index (χ2v) is 9.84. The van der Waals surface area contributed by atoms with Gasteiger partial charge in [-0.25, -0.2) is 8.78 Å². The molecule has 8 heteroatoms. The summed E-state index contributed by atoms with van der Waals surface area (Å²) in [4.78, 5) is 26.7. The summed E-state index contributed by atoms with van der Waals surface area (Å²) in [6, 6.07) is 5.41. The maximum absolute atomic E-state index is 13.6. The first kappa shape index (κ1) is 24.4. The van der Waals surface area contributed by atoms with Gasteiger partial charge in [0.15, 0.2) is 5.78 Å². The Morgan fingerprint density at radius 3 is 2.48 bits per heavy atom. The van der Waals surface area contributed by atoms with Crippen LogP contribution in [0.5, 0.6) is 0 Å². The summed E-state index contributed by atoms with van der Waals surface area (Å²) in [5, 5.41) is 0.843. The zero-order chi connectivity index (χ0) is 22.8. The molecule has 1 aliphatic heterocycles. The fraction of sp³-hybridized carbons (Fsp3) is 0.652. The van der Waals surface area contributed by atoms with Crippen molar-refractivity contribution < 1.29 is 23.1 Å². The molecule has 0 aromatic heterocycles. The number of benzene rings is 1. The highest BCUT2D eigenvalue weighted by Gasteiger charge is 2.44. The SMILES string of the molecule is COC(C[C@]1(c2ccc(Cl)c(Cl)c2)CCC(=O)N(CC2CCC(F)(F)CC2)C1)C(C)=O. The van der Waals surface area contributed by atoms with Gasteiger partial charge in [-0.3, -0.25) is 9.59 Å². The van der Waals surface area contributed by atoms with E-state index in [9.17, 15) is 18.4 Å². The third kappa shape index (κ3) is 5.77. The highest BCUT2D eigenvalue weighted by atomic mass is 35.5. The number of hydrogen-bond acceptors (Lipinski definition) is 3. The molecule has 4 nitrogen and oxygen atoms in total. The molecule has 2 fully saturated rings. The smallest absolute Gasteiger partial charge is 0.248 e. The van der Waals surface area contributed by atoms with E-state index >= 15 is 0 Å². The Labute approximate surface area is 192 Å². The number of rotatable bonds is 7. The Bertz CT molecular complexity index is 825. The van der Waals surface area contributed by atoms with Crippen molar-refractivity contribution in [1.29, 1.82) is 0 Å². The van der Waals surface area contributed by atoms with Crippen LogP contribution in [0.25, 0.3) is 0 Å². The van der Waals surface area contributed by atoms with Gasteiger partial charge in [-0.05, 0) is 56.2 Å². The molecule has 0 bridgehead atoms. The van der Waals surface area contributed by atoms with Gasteiger partial charge in [-0.1, -0.05) is 29.3 Å². The molecule has 2 atom stereocenters. The minimum Gasteiger partial charge on any atom is -0.374 e. The lowest BCUT2D eigenvalue weighted by Gasteiger charge is -2.45. The summed E-state index contributed by atoms with van der Waals surface area (Å²) in [5.41, 5.74) is 0.366. The number of carbonyl (C=O) groups excluding carboxylic acids is 2. The summed E-state index contributed by atoms with van der Waals surface area (Å²) in [5.74, 6) is -2.61. The molecule has 31 heavy (non-hydrogen) atoms. The zero-order valence-electron chi connectivity index (χ0n) is 17.9. The Kier molecular flexibility index (Phi) is 7.65. The van der Waals surface area contributed by atoms with Crippen molar-refractivity contribution in [3.63, 3.8) is 0 Å². The van der Waals surface area contributed by atoms with Crippen LogP contribution in [0.4, 0.5) is 8.78 Å². The number of ketones is 1. The predicted octanol–water partition coefficient (Wildman–Crippen LogP) is 5.67. The Morgan fingerprint density at radius 2 is 1.90 bits per heavy atom. The molecule has 1 unspecified atom stereocenters. The highest BCUT2D eigenvalue weighted by molar-refractivity contribution is 6.42. The van der Waals surface area contributed by atoms with Gasteiger partial charge in [0.25, 0.3) is 0 Å². The number of Topliss-reactive ketones (excluding diaryl/α,β-unsaturated/α-hetero) is 1. The molecule has 1 aliphatic carbocycles. The van der Waals surface area contributed by atoms with Gasteiger partial charge >= 0.3 is 0 Å². The second-order valence-electron chi connectivity index (χ2n) is 9.02. The minimum absolute atomic E-state index is 0.0183. The van der Waals surface area contributed by atoms with Gasteiger partial charge < -0.3 is 9.64 Å². The Hall–Kier alpha value is -1.24. The van der Waals surface area contributed by atoms with Gasteiger partial charge in [0, 0.05) is 44.9 Å². The van der Waals surface area contributed by atoms with E-state index in [1.165, 1.54) is 14.0 Å². The number of carbonyl (C=O) groups is 2. The third-order valence-electron chi connectivity index (χ3n) is 6.82. The van der Waals surface area contributed by atoms with Crippen molar-refractivity contribution in [3.05, 3.63) is 33.8 Å². The van der Waals surface area contributed by atoms with Crippen molar-refractivity contribution in [2.75, 3.05) is 20.2 Å². The van der Waals surface area contributed by atoms with Crippen LogP contribution in [-0.4, -0.2) is 48.8 Å². The lowest BCUT2D eigenvalue weighted by molar-refractivity contribution is -0.138. The van der Waals surface area contributed by atoms with Crippen LogP contribution in [0.15, 0.2) is 18.2 Å². The molecule has 1 amide bonds. The maximum Gasteiger partial charge on any atom is 0.248 e. The van der Waals surface area contributed by atoms with Crippen LogP contribution >= 0.6 is 23.2 Å². The normalized spacial score (nSPS) is 25.5.